The van der Waals surface area contributed by atoms with E-state index < -0.39 is 0 Å². The van der Waals surface area contributed by atoms with E-state index in [1.165, 1.54) is 6.33 Å². The van der Waals surface area contributed by atoms with E-state index in [2.05, 4.69) is 15.2 Å². The first-order valence-corrected chi connectivity index (χ1v) is 7.60. The van der Waals surface area contributed by atoms with E-state index in [0.29, 0.717) is 18.7 Å². The van der Waals surface area contributed by atoms with Crippen LogP contribution in [0.5, 0.6) is 0 Å². The monoisotopic (exact) mass is 316 g/mol. The van der Waals surface area contributed by atoms with Crippen LogP contribution in [-0.2, 0) is 0 Å². The molecule has 2 aromatic rings. The molecular weight excluding hydrogens is 296 g/mol. The number of aromatic nitrogens is 4. The molecule has 0 atom stereocenters. The second kappa shape index (κ2) is 6.23. The third-order valence-electron chi connectivity index (χ3n) is 4.17. The highest BCUT2D eigenvalue weighted by molar-refractivity contribution is 5.94. The van der Waals surface area contributed by atoms with Crippen molar-refractivity contribution in [2.24, 2.45) is 0 Å². The summed E-state index contributed by atoms with van der Waals surface area (Å²) in [5, 5.41) is 6.17. The molecule has 0 aliphatic carbocycles. The molecular formula is C15H20N6O2. The van der Waals surface area contributed by atoms with Gasteiger partial charge in [0.05, 0.1) is 0 Å². The lowest BCUT2D eigenvalue weighted by Gasteiger charge is -2.32. The van der Waals surface area contributed by atoms with Gasteiger partial charge in [0, 0.05) is 45.0 Å². The number of anilines is 1. The van der Waals surface area contributed by atoms with Crippen LogP contribution in [0.1, 0.15) is 29.2 Å². The van der Waals surface area contributed by atoms with Crippen LogP contribution in [0.2, 0.25) is 0 Å². The number of aromatic amines is 1. The Morgan fingerprint density at radius 2 is 2.09 bits per heavy atom. The lowest BCUT2D eigenvalue weighted by Crippen LogP contribution is -2.40. The van der Waals surface area contributed by atoms with Gasteiger partial charge in [-0.15, -0.1) is 0 Å². The van der Waals surface area contributed by atoms with Crippen molar-refractivity contribution in [3.8, 4) is 0 Å². The minimum atomic E-state index is -0.195. The average Bonchev–Trinajstić information content (AvgIpc) is 3.00. The number of hydrogen-bond donors (Lipinski definition) is 1. The van der Waals surface area contributed by atoms with Crippen LogP contribution >= 0.6 is 0 Å². The summed E-state index contributed by atoms with van der Waals surface area (Å²) in [5.41, 5.74) is 0.446. The number of rotatable bonds is 3. The molecule has 0 bridgehead atoms. The van der Waals surface area contributed by atoms with Crippen molar-refractivity contribution in [1.82, 2.24) is 24.6 Å². The van der Waals surface area contributed by atoms with Crippen LogP contribution in [0.3, 0.4) is 0 Å². The van der Waals surface area contributed by atoms with Gasteiger partial charge in [0.2, 0.25) is 0 Å². The molecule has 0 radical (unpaired) electrons. The number of nitrogens with zero attached hydrogens (tertiary/aromatic N) is 5. The van der Waals surface area contributed by atoms with E-state index in [-0.39, 0.29) is 17.6 Å². The Morgan fingerprint density at radius 3 is 2.70 bits per heavy atom. The van der Waals surface area contributed by atoms with Crippen molar-refractivity contribution in [3.63, 3.8) is 0 Å². The number of pyridine rings is 1. The molecule has 23 heavy (non-hydrogen) atoms. The zero-order valence-corrected chi connectivity index (χ0v) is 13.3. The molecule has 8 nitrogen and oxygen atoms in total. The maximum atomic E-state index is 12.6. The predicted octanol–water partition coefficient (Wildman–Crippen LogP) is 0.510. The van der Waals surface area contributed by atoms with Crippen LogP contribution in [0.15, 0.2) is 29.5 Å². The van der Waals surface area contributed by atoms with Gasteiger partial charge in [-0.05, 0) is 25.0 Å². The second-order valence-electron chi connectivity index (χ2n) is 5.89. The van der Waals surface area contributed by atoms with E-state index in [1.807, 2.05) is 23.9 Å². The molecule has 1 amide bonds. The highest BCUT2D eigenvalue weighted by atomic mass is 16.2. The van der Waals surface area contributed by atoms with Gasteiger partial charge in [0.25, 0.3) is 5.91 Å². The minimum absolute atomic E-state index is 0.00786. The van der Waals surface area contributed by atoms with Crippen LogP contribution in [0.25, 0.3) is 0 Å². The number of carbonyl (C=O) groups excluding carboxylic acids is 1. The average molecular weight is 316 g/mol. The highest BCUT2D eigenvalue weighted by Crippen LogP contribution is 2.22. The molecule has 0 saturated carbocycles. The van der Waals surface area contributed by atoms with Crippen molar-refractivity contribution in [3.05, 3.63) is 40.7 Å². The maximum Gasteiger partial charge on any atom is 0.343 e. The Hall–Kier alpha value is -2.64. The van der Waals surface area contributed by atoms with E-state index in [4.69, 9.17) is 0 Å². The van der Waals surface area contributed by atoms with Gasteiger partial charge in [-0.3, -0.25) is 9.36 Å². The lowest BCUT2D eigenvalue weighted by atomic mass is 10.0. The largest absolute Gasteiger partial charge is 0.363 e. The number of hydrogen-bond acceptors (Lipinski definition) is 5. The van der Waals surface area contributed by atoms with Gasteiger partial charge in [-0.2, -0.15) is 5.10 Å². The third kappa shape index (κ3) is 3.10. The smallest absolute Gasteiger partial charge is 0.343 e. The first-order valence-electron chi connectivity index (χ1n) is 7.60. The molecule has 1 N–H and O–H groups in total. The highest BCUT2D eigenvalue weighted by Gasteiger charge is 2.25. The predicted molar refractivity (Wildman–Crippen MR) is 85.6 cm³/mol. The summed E-state index contributed by atoms with van der Waals surface area (Å²) in [6, 6.07) is 3.64. The Labute approximate surface area is 133 Å². The Kier molecular flexibility index (Phi) is 4.14. The van der Waals surface area contributed by atoms with Gasteiger partial charge in [-0.25, -0.2) is 14.9 Å². The van der Waals surface area contributed by atoms with Gasteiger partial charge in [0.1, 0.15) is 12.1 Å². The molecule has 0 unspecified atom stereocenters. The number of H-pyrrole nitrogens is 1. The SMILES string of the molecule is CN(C)c1cc(C(=O)N2CCC(n3cn[nH]c3=O)CC2)ccn1. The van der Waals surface area contributed by atoms with Crippen molar-refractivity contribution in [2.75, 3.05) is 32.1 Å². The molecule has 122 valence electrons. The fourth-order valence-corrected chi connectivity index (χ4v) is 2.84. The lowest BCUT2D eigenvalue weighted by molar-refractivity contribution is 0.0693. The van der Waals surface area contributed by atoms with Gasteiger partial charge < -0.3 is 9.80 Å². The Bertz CT molecular complexity index is 742. The Balaban J connectivity index is 1.68. The topological polar surface area (TPSA) is 87.1 Å². The van der Waals surface area contributed by atoms with Crippen molar-refractivity contribution >= 4 is 11.7 Å². The zero-order chi connectivity index (χ0) is 16.4. The summed E-state index contributed by atoms with van der Waals surface area (Å²) in [5.74, 6) is 0.768. The van der Waals surface area contributed by atoms with Gasteiger partial charge in [-0.1, -0.05) is 0 Å². The summed E-state index contributed by atoms with van der Waals surface area (Å²) in [6.45, 7) is 1.25. The van der Waals surface area contributed by atoms with Gasteiger partial charge >= 0.3 is 5.69 Å². The second-order valence-corrected chi connectivity index (χ2v) is 5.89. The summed E-state index contributed by atoms with van der Waals surface area (Å²) in [6.07, 6.45) is 4.67. The number of carbonyl (C=O) groups is 1. The molecule has 3 heterocycles. The summed E-state index contributed by atoms with van der Waals surface area (Å²) in [7, 11) is 3.79. The van der Waals surface area contributed by atoms with E-state index in [9.17, 15) is 9.59 Å². The van der Waals surface area contributed by atoms with Crippen LogP contribution in [0, 0.1) is 0 Å². The standard InChI is InChI=1S/C15H20N6O2/c1-19(2)13-9-11(3-6-16-13)14(22)20-7-4-12(5-8-20)21-10-17-18-15(21)23/h3,6,9-10,12H,4-5,7-8H2,1-2H3,(H,18,23). The summed E-state index contributed by atoms with van der Waals surface area (Å²) in [4.78, 5) is 32.2. The zero-order valence-electron chi connectivity index (χ0n) is 13.3. The number of nitrogens with one attached hydrogen (secondary N) is 1. The molecule has 0 spiro atoms. The molecule has 0 aromatic carbocycles. The van der Waals surface area contributed by atoms with Crippen molar-refractivity contribution in [2.45, 2.75) is 18.9 Å². The molecule has 1 aliphatic rings. The van der Waals surface area contributed by atoms with E-state index >= 15 is 0 Å². The summed E-state index contributed by atoms with van der Waals surface area (Å²) >= 11 is 0. The third-order valence-corrected chi connectivity index (χ3v) is 4.17. The molecule has 3 rings (SSSR count). The molecule has 1 saturated heterocycles. The molecule has 8 heteroatoms. The number of likely N-dealkylation sites (tertiary alicyclic amines) is 1. The van der Waals surface area contributed by atoms with E-state index in [0.717, 1.165) is 18.7 Å². The quantitative estimate of drug-likeness (QED) is 0.891. The molecule has 1 fully saturated rings. The fourth-order valence-electron chi connectivity index (χ4n) is 2.84. The normalized spacial score (nSPS) is 15.7. The first kappa shape index (κ1) is 15.3. The Morgan fingerprint density at radius 1 is 1.35 bits per heavy atom. The van der Waals surface area contributed by atoms with Crippen LogP contribution < -0.4 is 10.6 Å². The first-order chi connectivity index (χ1) is 11.1. The van der Waals surface area contributed by atoms with Gasteiger partial charge in [0.15, 0.2) is 0 Å². The fraction of sp³-hybridized carbons (Fsp3) is 0.467. The van der Waals surface area contributed by atoms with E-state index in [1.54, 1.807) is 22.9 Å². The minimum Gasteiger partial charge on any atom is -0.363 e. The van der Waals surface area contributed by atoms with Crippen LogP contribution in [-0.4, -0.2) is 57.7 Å². The van der Waals surface area contributed by atoms with Crippen molar-refractivity contribution in [1.29, 1.82) is 0 Å². The molecule has 2 aromatic heterocycles. The number of amides is 1. The molecule has 1 aliphatic heterocycles. The number of piperidine rings is 1. The van der Waals surface area contributed by atoms with Crippen LogP contribution in [0.4, 0.5) is 5.82 Å². The maximum absolute atomic E-state index is 12.6. The summed E-state index contributed by atoms with van der Waals surface area (Å²) < 4.78 is 1.61. The van der Waals surface area contributed by atoms with Crippen molar-refractivity contribution < 1.29 is 4.79 Å².